The molecule has 4 rings (SSSR count). The number of halogens is 2. The van der Waals surface area contributed by atoms with E-state index < -0.39 is 23.2 Å². The molecule has 172 valence electrons. The van der Waals surface area contributed by atoms with Gasteiger partial charge in [0.05, 0.1) is 6.61 Å². The standard InChI is InChI=1S/C24H22ClFN2O5/c1-2-33-21(29)17-9-15-3-4-20(11-16(15)10-17)28-6-5-24(32,23(28)31)22(30)27-13-14-7-18(25)12-19(26)8-14/h3-4,7-8,10-12,32H,2,5-6,9,13H2,1H3,(H,27,30)/t24-/m0/s1. The number of esters is 1. The number of rotatable bonds is 6. The number of hydrogen-bond donors (Lipinski definition) is 2. The predicted molar refractivity (Wildman–Crippen MR) is 120 cm³/mol. The van der Waals surface area contributed by atoms with E-state index in [1.165, 1.54) is 17.0 Å². The molecule has 2 N–H and O–H groups in total. The monoisotopic (exact) mass is 472 g/mol. The first-order valence-corrected chi connectivity index (χ1v) is 10.9. The summed E-state index contributed by atoms with van der Waals surface area (Å²) >= 11 is 5.82. The first-order chi connectivity index (χ1) is 15.7. The molecular weight excluding hydrogens is 451 g/mol. The Balaban J connectivity index is 1.47. The predicted octanol–water partition coefficient (Wildman–Crippen LogP) is 2.77. The van der Waals surface area contributed by atoms with E-state index in [0.717, 1.165) is 17.2 Å². The van der Waals surface area contributed by atoms with Crippen LogP contribution in [0, 0.1) is 5.82 Å². The lowest BCUT2D eigenvalue weighted by Gasteiger charge is -2.22. The van der Waals surface area contributed by atoms with Gasteiger partial charge >= 0.3 is 5.97 Å². The second kappa shape index (κ2) is 8.96. The lowest BCUT2D eigenvalue weighted by atomic mass is 10.0. The molecule has 0 unspecified atom stereocenters. The van der Waals surface area contributed by atoms with E-state index in [1.54, 1.807) is 25.1 Å². The van der Waals surface area contributed by atoms with Gasteiger partial charge in [-0.1, -0.05) is 17.7 Å². The van der Waals surface area contributed by atoms with E-state index in [0.29, 0.717) is 23.2 Å². The Morgan fingerprint density at radius 2 is 2.06 bits per heavy atom. The molecule has 1 aliphatic carbocycles. The fourth-order valence-corrected chi connectivity index (χ4v) is 4.29. The van der Waals surface area contributed by atoms with Crippen LogP contribution >= 0.6 is 11.6 Å². The number of fused-ring (bicyclic) bond motifs is 1. The van der Waals surface area contributed by atoms with Crippen LogP contribution in [0.1, 0.15) is 30.0 Å². The van der Waals surface area contributed by atoms with Crippen molar-refractivity contribution < 1.29 is 28.6 Å². The van der Waals surface area contributed by atoms with Crippen molar-refractivity contribution in [3.63, 3.8) is 0 Å². The smallest absolute Gasteiger partial charge is 0.334 e. The quantitative estimate of drug-likeness (QED) is 0.498. The molecule has 2 aromatic rings. The average molecular weight is 473 g/mol. The third-order valence-corrected chi connectivity index (χ3v) is 5.95. The van der Waals surface area contributed by atoms with Gasteiger partial charge in [-0.15, -0.1) is 0 Å². The van der Waals surface area contributed by atoms with Crippen molar-refractivity contribution in [1.82, 2.24) is 5.32 Å². The van der Waals surface area contributed by atoms with Gasteiger partial charge < -0.3 is 20.1 Å². The van der Waals surface area contributed by atoms with Crippen LogP contribution in [-0.2, 0) is 32.1 Å². The highest BCUT2D eigenvalue weighted by Crippen LogP contribution is 2.33. The summed E-state index contributed by atoms with van der Waals surface area (Å²) in [5.41, 5.74) is 0.927. The molecule has 0 spiro atoms. The minimum absolute atomic E-state index is 0.0911. The Morgan fingerprint density at radius 3 is 2.79 bits per heavy atom. The van der Waals surface area contributed by atoms with Crippen molar-refractivity contribution in [3.05, 3.63) is 69.5 Å². The lowest BCUT2D eigenvalue weighted by Crippen LogP contribution is -2.52. The second-order valence-corrected chi connectivity index (χ2v) is 8.41. The molecule has 0 radical (unpaired) electrons. The number of nitrogens with one attached hydrogen (secondary N) is 1. The Labute approximate surface area is 194 Å². The third-order valence-electron chi connectivity index (χ3n) is 5.74. The zero-order valence-corrected chi connectivity index (χ0v) is 18.6. The number of ether oxygens (including phenoxy) is 1. The molecule has 33 heavy (non-hydrogen) atoms. The van der Waals surface area contributed by atoms with Crippen molar-refractivity contribution in [1.29, 1.82) is 0 Å². The van der Waals surface area contributed by atoms with Crippen molar-refractivity contribution in [2.24, 2.45) is 0 Å². The first kappa shape index (κ1) is 22.9. The number of carbonyl (C=O) groups is 3. The maximum atomic E-state index is 13.5. The minimum atomic E-state index is -2.23. The maximum absolute atomic E-state index is 13.5. The number of amides is 2. The molecule has 1 aliphatic heterocycles. The fraction of sp³-hybridized carbons (Fsp3) is 0.292. The molecule has 1 saturated heterocycles. The largest absolute Gasteiger partial charge is 0.463 e. The fourth-order valence-electron chi connectivity index (χ4n) is 4.05. The van der Waals surface area contributed by atoms with Crippen molar-refractivity contribution in [2.75, 3.05) is 18.1 Å². The van der Waals surface area contributed by atoms with Gasteiger partial charge in [0.2, 0.25) is 5.60 Å². The van der Waals surface area contributed by atoms with E-state index >= 15 is 0 Å². The number of nitrogens with zero attached hydrogens (tertiary/aromatic N) is 1. The Bertz CT molecular complexity index is 1160. The van der Waals surface area contributed by atoms with Crippen LogP contribution in [0.15, 0.2) is 42.0 Å². The van der Waals surface area contributed by atoms with Gasteiger partial charge in [0.15, 0.2) is 0 Å². The van der Waals surface area contributed by atoms with Gasteiger partial charge in [-0.25, -0.2) is 9.18 Å². The molecule has 2 aliphatic rings. The summed E-state index contributed by atoms with van der Waals surface area (Å²) in [6.07, 6.45) is 2.07. The van der Waals surface area contributed by atoms with Gasteiger partial charge in [-0.05, 0) is 60.0 Å². The van der Waals surface area contributed by atoms with E-state index in [2.05, 4.69) is 5.32 Å². The third kappa shape index (κ3) is 4.49. The number of benzene rings is 2. The summed E-state index contributed by atoms with van der Waals surface area (Å²) in [5, 5.41) is 13.5. The van der Waals surface area contributed by atoms with Crippen molar-refractivity contribution in [3.8, 4) is 0 Å². The van der Waals surface area contributed by atoms with Crippen LogP contribution in [0.4, 0.5) is 10.1 Å². The Hall–Kier alpha value is -3.23. The van der Waals surface area contributed by atoms with Crippen molar-refractivity contribution in [2.45, 2.75) is 31.9 Å². The second-order valence-electron chi connectivity index (χ2n) is 7.98. The summed E-state index contributed by atoms with van der Waals surface area (Å²) in [6.45, 7) is 2.07. The highest BCUT2D eigenvalue weighted by molar-refractivity contribution is 6.30. The highest BCUT2D eigenvalue weighted by Gasteiger charge is 2.51. The van der Waals surface area contributed by atoms with Gasteiger partial charge in [0.1, 0.15) is 5.82 Å². The van der Waals surface area contributed by atoms with Crippen LogP contribution in [0.2, 0.25) is 5.02 Å². The van der Waals surface area contributed by atoms with Gasteiger partial charge in [-0.2, -0.15) is 0 Å². The minimum Gasteiger partial charge on any atom is -0.463 e. The molecule has 2 amide bonds. The van der Waals surface area contributed by atoms with Crippen LogP contribution < -0.4 is 10.2 Å². The van der Waals surface area contributed by atoms with Crippen LogP contribution in [0.25, 0.3) is 6.08 Å². The summed E-state index contributed by atoms with van der Waals surface area (Å²) in [4.78, 5) is 39.0. The summed E-state index contributed by atoms with van der Waals surface area (Å²) in [6, 6.07) is 9.11. The van der Waals surface area contributed by atoms with E-state index in [-0.39, 0.29) is 37.1 Å². The molecule has 0 aromatic heterocycles. The van der Waals surface area contributed by atoms with E-state index in [4.69, 9.17) is 16.3 Å². The summed E-state index contributed by atoms with van der Waals surface area (Å²) < 4.78 is 18.5. The van der Waals surface area contributed by atoms with E-state index in [1.807, 2.05) is 6.07 Å². The van der Waals surface area contributed by atoms with Crippen molar-refractivity contribution >= 4 is 41.1 Å². The molecule has 9 heteroatoms. The first-order valence-electron chi connectivity index (χ1n) is 10.5. The SMILES string of the molecule is CCOC(=O)C1=Cc2cc(N3CC[C@](O)(C(=O)NCc4cc(F)cc(Cl)c4)C3=O)ccc2C1. The normalized spacial score (nSPS) is 19.3. The van der Waals surface area contributed by atoms with Crippen LogP contribution in [-0.4, -0.2) is 41.6 Å². The maximum Gasteiger partial charge on any atom is 0.334 e. The molecule has 0 bridgehead atoms. The van der Waals surface area contributed by atoms with Crippen LogP contribution in [0.3, 0.4) is 0 Å². The lowest BCUT2D eigenvalue weighted by molar-refractivity contribution is -0.149. The number of carbonyl (C=O) groups excluding carboxylic acids is 3. The van der Waals surface area contributed by atoms with Gasteiger partial charge in [0, 0.05) is 42.2 Å². The highest BCUT2D eigenvalue weighted by atomic mass is 35.5. The number of aliphatic hydroxyl groups is 1. The zero-order valence-electron chi connectivity index (χ0n) is 17.9. The molecule has 0 saturated carbocycles. The van der Waals surface area contributed by atoms with Crippen LogP contribution in [0.5, 0.6) is 0 Å². The zero-order chi connectivity index (χ0) is 23.8. The van der Waals surface area contributed by atoms with Gasteiger partial charge in [0.25, 0.3) is 11.8 Å². The summed E-state index contributed by atoms with van der Waals surface area (Å²) in [5.74, 6) is -2.53. The molecule has 1 heterocycles. The molecule has 7 nitrogen and oxygen atoms in total. The van der Waals surface area contributed by atoms with E-state index in [9.17, 15) is 23.9 Å². The number of hydrogen-bond acceptors (Lipinski definition) is 5. The average Bonchev–Trinajstić information content (AvgIpc) is 3.33. The Morgan fingerprint density at radius 1 is 1.27 bits per heavy atom. The molecule has 1 atom stereocenters. The summed E-state index contributed by atoms with van der Waals surface area (Å²) in [7, 11) is 0. The Kier molecular flexibility index (Phi) is 6.23. The molecule has 1 fully saturated rings. The molecular formula is C24H22ClFN2O5. The number of anilines is 1. The van der Waals surface area contributed by atoms with Gasteiger partial charge in [-0.3, -0.25) is 9.59 Å². The topological polar surface area (TPSA) is 95.9 Å². The molecule has 2 aromatic carbocycles.